The number of rotatable bonds is 4. The van der Waals surface area contributed by atoms with Gasteiger partial charge >= 0.3 is 0 Å². The Hall–Kier alpha value is -0.740. The van der Waals surface area contributed by atoms with Crippen LogP contribution in [0.15, 0.2) is 22.7 Å². The number of carbonyl (C=O) groups excluding carboxylic acids is 1. The van der Waals surface area contributed by atoms with Gasteiger partial charge in [0.05, 0.1) is 5.02 Å². The minimum atomic E-state index is -0.0986. The lowest BCUT2D eigenvalue weighted by atomic mass is 10.3. The first-order valence-corrected chi connectivity index (χ1v) is 6.19. The van der Waals surface area contributed by atoms with Crippen LogP contribution in [0.5, 0.6) is 5.75 Å². The Bertz CT molecular complexity index is 407. The van der Waals surface area contributed by atoms with Gasteiger partial charge in [-0.2, -0.15) is 0 Å². The largest absolute Gasteiger partial charge is 0.482 e. The van der Waals surface area contributed by atoms with Crippen LogP contribution in [0.4, 0.5) is 0 Å². The number of halogens is 2. The van der Waals surface area contributed by atoms with Crippen molar-refractivity contribution in [1.82, 2.24) is 5.32 Å². The van der Waals surface area contributed by atoms with Crippen LogP contribution in [-0.2, 0) is 4.79 Å². The van der Waals surface area contributed by atoms with Gasteiger partial charge < -0.3 is 10.1 Å². The van der Waals surface area contributed by atoms with Crippen molar-refractivity contribution in [3.63, 3.8) is 0 Å². The van der Waals surface area contributed by atoms with E-state index in [1.54, 1.807) is 12.1 Å². The molecule has 3 nitrogen and oxygen atoms in total. The number of hydrogen-bond donors (Lipinski definition) is 1. The topological polar surface area (TPSA) is 38.3 Å². The molecule has 1 aliphatic carbocycles. The van der Waals surface area contributed by atoms with E-state index in [2.05, 4.69) is 21.2 Å². The first kappa shape index (κ1) is 11.7. The standard InChI is InChI=1S/C11H11BrClNO2/c12-7-1-4-9(13)10(5-7)16-6-11(15)14-8-2-3-8/h1,4-5,8H,2-3,6H2,(H,14,15). The van der Waals surface area contributed by atoms with E-state index < -0.39 is 0 Å². The van der Waals surface area contributed by atoms with Crippen LogP contribution in [-0.4, -0.2) is 18.6 Å². The fraction of sp³-hybridized carbons (Fsp3) is 0.364. The average molecular weight is 305 g/mol. The van der Waals surface area contributed by atoms with Gasteiger partial charge in [-0.15, -0.1) is 0 Å². The zero-order valence-electron chi connectivity index (χ0n) is 8.50. The summed E-state index contributed by atoms with van der Waals surface area (Å²) in [6.45, 7) is 0.00662. The van der Waals surface area contributed by atoms with Crippen molar-refractivity contribution in [2.45, 2.75) is 18.9 Å². The fourth-order valence-corrected chi connectivity index (χ4v) is 1.74. The Morgan fingerprint density at radius 3 is 3.00 bits per heavy atom. The molecule has 1 fully saturated rings. The number of amides is 1. The molecule has 1 aromatic carbocycles. The zero-order valence-corrected chi connectivity index (χ0v) is 10.8. The summed E-state index contributed by atoms with van der Waals surface area (Å²) in [5, 5.41) is 3.34. The van der Waals surface area contributed by atoms with Crippen LogP contribution in [0, 0.1) is 0 Å². The van der Waals surface area contributed by atoms with Gasteiger partial charge in [0.15, 0.2) is 6.61 Å². The highest BCUT2D eigenvalue weighted by Gasteiger charge is 2.23. The van der Waals surface area contributed by atoms with Gasteiger partial charge in [0.25, 0.3) is 5.91 Å². The van der Waals surface area contributed by atoms with Crippen molar-refractivity contribution >= 4 is 33.4 Å². The van der Waals surface area contributed by atoms with Gasteiger partial charge in [-0.3, -0.25) is 4.79 Å². The molecule has 0 bridgehead atoms. The van der Waals surface area contributed by atoms with Gasteiger partial charge in [0.2, 0.25) is 0 Å². The summed E-state index contributed by atoms with van der Waals surface area (Å²) in [6.07, 6.45) is 2.15. The van der Waals surface area contributed by atoms with Gasteiger partial charge in [-0.1, -0.05) is 27.5 Å². The second-order valence-corrected chi connectivity index (χ2v) is 5.03. The van der Waals surface area contributed by atoms with Crippen molar-refractivity contribution in [3.05, 3.63) is 27.7 Å². The fourth-order valence-electron chi connectivity index (χ4n) is 1.23. The first-order valence-electron chi connectivity index (χ1n) is 5.02. The molecule has 0 aromatic heterocycles. The monoisotopic (exact) mass is 303 g/mol. The van der Waals surface area contributed by atoms with Crippen molar-refractivity contribution in [3.8, 4) is 5.75 Å². The number of carbonyl (C=O) groups is 1. The quantitative estimate of drug-likeness (QED) is 0.929. The lowest BCUT2D eigenvalue weighted by Gasteiger charge is -2.08. The summed E-state index contributed by atoms with van der Waals surface area (Å²) >= 11 is 9.23. The summed E-state index contributed by atoms with van der Waals surface area (Å²) in [5.74, 6) is 0.417. The predicted octanol–water partition coefficient (Wildman–Crippen LogP) is 2.76. The number of nitrogens with one attached hydrogen (secondary N) is 1. The van der Waals surface area contributed by atoms with Crippen LogP contribution in [0.25, 0.3) is 0 Å². The Labute approximate surface area is 107 Å². The predicted molar refractivity (Wildman–Crippen MR) is 65.8 cm³/mol. The molecule has 0 atom stereocenters. The highest BCUT2D eigenvalue weighted by molar-refractivity contribution is 9.10. The third-order valence-corrected chi connectivity index (χ3v) is 3.00. The second kappa shape index (κ2) is 5.06. The van der Waals surface area contributed by atoms with Gasteiger partial charge in [-0.05, 0) is 31.0 Å². The number of benzene rings is 1. The minimum absolute atomic E-state index is 0.00662. The molecule has 2 rings (SSSR count). The van der Waals surface area contributed by atoms with Crippen molar-refractivity contribution < 1.29 is 9.53 Å². The molecule has 16 heavy (non-hydrogen) atoms. The molecular formula is C11H11BrClNO2. The maximum Gasteiger partial charge on any atom is 0.258 e. The molecule has 86 valence electrons. The van der Waals surface area contributed by atoms with Crippen LogP contribution in [0.1, 0.15) is 12.8 Å². The lowest BCUT2D eigenvalue weighted by molar-refractivity contribution is -0.123. The lowest BCUT2D eigenvalue weighted by Crippen LogP contribution is -2.30. The normalized spacial score (nSPS) is 14.6. The third-order valence-electron chi connectivity index (χ3n) is 2.19. The molecule has 0 saturated heterocycles. The average Bonchev–Trinajstić information content (AvgIpc) is 3.03. The summed E-state index contributed by atoms with van der Waals surface area (Å²) in [5.41, 5.74) is 0. The van der Waals surface area contributed by atoms with Gasteiger partial charge in [0.1, 0.15) is 5.75 Å². The highest BCUT2D eigenvalue weighted by Crippen LogP contribution is 2.27. The van der Waals surface area contributed by atoms with E-state index in [4.69, 9.17) is 16.3 Å². The molecule has 0 aliphatic heterocycles. The van der Waals surface area contributed by atoms with E-state index >= 15 is 0 Å². The highest BCUT2D eigenvalue weighted by atomic mass is 79.9. The molecule has 0 heterocycles. The minimum Gasteiger partial charge on any atom is -0.482 e. The SMILES string of the molecule is O=C(COc1cc(Br)ccc1Cl)NC1CC1. The molecule has 1 aliphatic rings. The van der Waals surface area contributed by atoms with Crippen LogP contribution in [0.2, 0.25) is 5.02 Å². The van der Waals surface area contributed by atoms with E-state index in [0.717, 1.165) is 17.3 Å². The van der Waals surface area contributed by atoms with Crippen molar-refractivity contribution in [1.29, 1.82) is 0 Å². The first-order chi connectivity index (χ1) is 7.65. The molecule has 5 heteroatoms. The zero-order chi connectivity index (χ0) is 11.5. The third kappa shape index (κ3) is 3.39. The summed E-state index contributed by atoms with van der Waals surface area (Å²) < 4.78 is 6.20. The molecule has 0 radical (unpaired) electrons. The maximum atomic E-state index is 11.4. The second-order valence-electron chi connectivity index (χ2n) is 3.71. The van der Waals surface area contributed by atoms with Crippen LogP contribution in [0.3, 0.4) is 0 Å². The molecular weight excluding hydrogens is 293 g/mol. The maximum absolute atomic E-state index is 11.4. The van der Waals surface area contributed by atoms with Crippen LogP contribution < -0.4 is 10.1 Å². The van der Waals surface area contributed by atoms with E-state index in [1.165, 1.54) is 0 Å². The summed E-state index contributed by atoms with van der Waals surface area (Å²) in [6, 6.07) is 5.64. The van der Waals surface area contributed by atoms with E-state index in [0.29, 0.717) is 16.8 Å². The van der Waals surface area contributed by atoms with Gasteiger partial charge in [0, 0.05) is 10.5 Å². The molecule has 1 amide bonds. The van der Waals surface area contributed by atoms with Crippen molar-refractivity contribution in [2.24, 2.45) is 0 Å². The Kier molecular flexibility index (Phi) is 3.71. The Morgan fingerprint density at radius 2 is 2.31 bits per heavy atom. The molecule has 0 unspecified atom stereocenters. The Balaban J connectivity index is 1.87. The molecule has 1 N–H and O–H groups in total. The molecule has 1 saturated carbocycles. The van der Waals surface area contributed by atoms with Crippen LogP contribution >= 0.6 is 27.5 Å². The number of hydrogen-bond acceptors (Lipinski definition) is 2. The molecule has 0 spiro atoms. The summed E-state index contributed by atoms with van der Waals surface area (Å²) in [4.78, 5) is 11.4. The summed E-state index contributed by atoms with van der Waals surface area (Å²) in [7, 11) is 0. The molecule has 1 aromatic rings. The van der Waals surface area contributed by atoms with Gasteiger partial charge in [-0.25, -0.2) is 0 Å². The Morgan fingerprint density at radius 1 is 1.56 bits per heavy atom. The smallest absolute Gasteiger partial charge is 0.258 e. The van der Waals surface area contributed by atoms with E-state index in [9.17, 15) is 4.79 Å². The van der Waals surface area contributed by atoms with Crippen molar-refractivity contribution in [2.75, 3.05) is 6.61 Å². The van der Waals surface area contributed by atoms with E-state index in [1.807, 2.05) is 6.07 Å². The number of ether oxygens (including phenoxy) is 1. The van der Waals surface area contributed by atoms with E-state index in [-0.39, 0.29) is 12.5 Å².